The molecule has 0 amide bonds. The van der Waals surface area contributed by atoms with Gasteiger partial charge in [-0.2, -0.15) is 0 Å². The molecule has 0 saturated heterocycles. The number of halogens is 1. The molecule has 0 radical (unpaired) electrons. The molecule has 0 spiro atoms. The van der Waals surface area contributed by atoms with Crippen LogP contribution in [-0.2, 0) is 4.74 Å². The van der Waals surface area contributed by atoms with Gasteiger partial charge >= 0.3 is 5.97 Å². The second-order valence-electron chi connectivity index (χ2n) is 5.55. The third-order valence-corrected chi connectivity index (χ3v) is 3.76. The van der Waals surface area contributed by atoms with Gasteiger partial charge in [-0.15, -0.1) is 0 Å². The molecule has 0 aliphatic rings. The zero-order chi connectivity index (χ0) is 17.7. The number of hydrogen-bond donors (Lipinski definition) is 0. The minimum absolute atomic E-state index is 0.296. The first-order valence-electron chi connectivity index (χ1n) is 8.52. The smallest absolute Gasteiger partial charge is 0.341 e. The first kappa shape index (κ1) is 22.0. The van der Waals surface area contributed by atoms with Gasteiger partial charge in [0.1, 0.15) is 11.3 Å². The van der Waals surface area contributed by atoms with Crippen LogP contribution < -0.4 is 4.74 Å². The molecule has 0 saturated carbocycles. The van der Waals surface area contributed by atoms with Crippen LogP contribution in [0.5, 0.6) is 5.75 Å². The van der Waals surface area contributed by atoms with Crippen LogP contribution in [0.2, 0.25) is 0 Å². The van der Waals surface area contributed by atoms with Gasteiger partial charge in [0, 0.05) is 5.33 Å². The molecule has 0 aliphatic heterocycles. The molecule has 0 atom stereocenters. The maximum atomic E-state index is 12.1. The Labute approximate surface area is 149 Å². The first-order chi connectivity index (χ1) is 11.0. The molecule has 0 bridgehead atoms. The van der Waals surface area contributed by atoms with Crippen molar-refractivity contribution < 1.29 is 14.3 Å². The van der Waals surface area contributed by atoms with Crippen LogP contribution in [-0.4, -0.2) is 24.5 Å². The van der Waals surface area contributed by atoms with Crippen LogP contribution in [0.3, 0.4) is 0 Å². The lowest BCUT2D eigenvalue weighted by molar-refractivity contribution is 0.0500. The first-order valence-corrected chi connectivity index (χ1v) is 9.64. The Balaban J connectivity index is 0.00000108. The van der Waals surface area contributed by atoms with Crippen molar-refractivity contribution in [1.29, 1.82) is 0 Å². The van der Waals surface area contributed by atoms with Crippen LogP contribution >= 0.6 is 15.9 Å². The summed E-state index contributed by atoms with van der Waals surface area (Å²) in [6.07, 6.45) is 2.97. The average Bonchev–Trinajstić information content (AvgIpc) is 2.57. The van der Waals surface area contributed by atoms with Crippen LogP contribution in [0.1, 0.15) is 75.7 Å². The van der Waals surface area contributed by atoms with E-state index in [0.29, 0.717) is 30.4 Å². The van der Waals surface area contributed by atoms with E-state index in [-0.39, 0.29) is 5.97 Å². The maximum absolute atomic E-state index is 12.1. The molecule has 0 fully saturated rings. The van der Waals surface area contributed by atoms with Crippen molar-refractivity contribution in [2.75, 3.05) is 18.5 Å². The van der Waals surface area contributed by atoms with E-state index in [2.05, 4.69) is 36.7 Å². The topological polar surface area (TPSA) is 35.5 Å². The summed E-state index contributed by atoms with van der Waals surface area (Å²) in [5, 5.41) is 1.13. The van der Waals surface area contributed by atoms with Gasteiger partial charge in [-0.3, -0.25) is 0 Å². The third kappa shape index (κ3) is 8.40. The van der Waals surface area contributed by atoms with E-state index in [4.69, 9.17) is 9.47 Å². The van der Waals surface area contributed by atoms with Crippen molar-refractivity contribution in [3.05, 3.63) is 29.3 Å². The predicted octanol–water partition coefficient (Wildman–Crippen LogP) is 5.96. The van der Waals surface area contributed by atoms with Crippen LogP contribution in [0.4, 0.5) is 0 Å². The van der Waals surface area contributed by atoms with Crippen LogP contribution in [0.15, 0.2) is 18.2 Å². The molecule has 4 heteroatoms. The lowest BCUT2D eigenvalue weighted by Gasteiger charge is -2.17. The molecule has 0 unspecified atom stereocenters. The summed E-state index contributed by atoms with van der Waals surface area (Å²) in [6.45, 7) is 11.4. The fraction of sp³-hybridized carbons (Fsp3) is 0.632. The highest BCUT2D eigenvalue weighted by molar-refractivity contribution is 9.09. The number of benzene rings is 1. The molecule has 3 nitrogen and oxygen atoms in total. The molecule has 1 rings (SSSR count). The minimum atomic E-state index is -0.296. The Kier molecular flexibility index (Phi) is 12.8. The summed E-state index contributed by atoms with van der Waals surface area (Å²) in [6, 6.07) is 5.66. The van der Waals surface area contributed by atoms with Crippen molar-refractivity contribution in [3.63, 3.8) is 0 Å². The molecule has 0 N–H and O–H groups in total. The highest BCUT2D eigenvalue weighted by atomic mass is 79.9. The van der Waals surface area contributed by atoms with Gasteiger partial charge in [-0.25, -0.2) is 4.79 Å². The summed E-state index contributed by atoms with van der Waals surface area (Å²) in [5.74, 6) is 0.696. The summed E-state index contributed by atoms with van der Waals surface area (Å²) in [5.41, 5.74) is 1.59. The van der Waals surface area contributed by atoms with Gasteiger partial charge in [0.05, 0.1) is 13.2 Å². The summed E-state index contributed by atoms with van der Waals surface area (Å²) in [7, 11) is 0. The Morgan fingerprint density at radius 2 is 1.70 bits per heavy atom. The van der Waals surface area contributed by atoms with Gasteiger partial charge in [0.2, 0.25) is 0 Å². The summed E-state index contributed by atoms with van der Waals surface area (Å²) < 4.78 is 11.0. The average molecular weight is 387 g/mol. The van der Waals surface area contributed by atoms with Gasteiger partial charge in [0.15, 0.2) is 0 Å². The summed E-state index contributed by atoms with van der Waals surface area (Å²) >= 11 is 3.25. The quantitative estimate of drug-likeness (QED) is 0.408. The lowest BCUT2D eigenvalue weighted by Crippen LogP contribution is -2.11. The molecule has 0 aromatic heterocycles. The van der Waals surface area contributed by atoms with E-state index in [1.54, 1.807) is 6.07 Å². The molecule has 0 aliphatic carbocycles. The van der Waals surface area contributed by atoms with Crippen molar-refractivity contribution in [2.45, 2.75) is 59.8 Å². The number of rotatable bonds is 8. The number of carbonyl (C=O) groups excluding carboxylic acids is 1. The molecular weight excluding hydrogens is 356 g/mol. The van der Waals surface area contributed by atoms with Gasteiger partial charge in [0.25, 0.3) is 0 Å². The lowest BCUT2D eigenvalue weighted by atomic mass is 9.99. The number of alkyl halides is 1. The van der Waals surface area contributed by atoms with E-state index in [9.17, 15) is 4.79 Å². The molecule has 23 heavy (non-hydrogen) atoms. The van der Waals surface area contributed by atoms with Crippen molar-refractivity contribution in [1.82, 2.24) is 0 Å². The van der Waals surface area contributed by atoms with Crippen molar-refractivity contribution in [3.8, 4) is 5.75 Å². The second-order valence-corrected chi connectivity index (χ2v) is 6.34. The molecular formula is C19H31BrO3. The molecule has 132 valence electrons. The number of esters is 1. The fourth-order valence-electron chi connectivity index (χ4n) is 1.81. The van der Waals surface area contributed by atoms with Gasteiger partial charge in [-0.1, -0.05) is 62.7 Å². The van der Waals surface area contributed by atoms with Crippen LogP contribution in [0, 0.1) is 0 Å². The monoisotopic (exact) mass is 386 g/mol. The third-order valence-electron chi connectivity index (χ3n) is 2.96. The van der Waals surface area contributed by atoms with Gasteiger partial charge < -0.3 is 9.47 Å². The van der Waals surface area contributed by atoms with E-state index < -0.39 is 0 Å². The zero-order valence-electron chi connectivity index (χ0n) is 15.2. The second kappa shape index (κ2) is 13.4. The normalized spacial score (nSPS) is 10.0. The zero-order valence-corrected chi connectivity index (χ0v) is 16.7. The van der Waals surface area contributed by atoms with E-state index in [0.717, 1.165) is 23.7 Å². The fourth-order valence-corrected chi connectivity index (χ4v) is 1.81. The van der Waals surface area contributed by atoms with E-state index in [1.165, 1.54) is 6.42 Å². The van der Waals surface area contributed by atoms with Gasteiger partial charge in [-0.05, 0) is 36.8 Å². The minimum Gasteiger partial charge on any atom is -0.492 e. The number of ether oxygens (including phenoxy) is 2. The van der Waals surface area contributed by atoms with Crippen molar-refractivity contribution >= 4 is 21.9 Å². The highest BCUT2D eigenvalue weighted by Crippen LogP contribution is 2.31. The maximum Gasteiger partial charge on any atom is 0.341 e. The Hall–Kier alpha value is -1.03. The van der Waals surface area contributed by atoms with Crippen LogP contribution in [0.25, 0.3) is 0 Å². The summed E-state index contributed by atoms with van der Waals surface area (Å²) in [4.78, 5) is 12.1. The highest BCUT2D eigenvalue weighted by Gasteiger charge is 2.18. The number of para-hydroxylation sites is 1. The number of carbonyl (C=O) groups is 1. The van der Waals surface area contributed by atoms with E-state index >= 15 is 0 Å². The molecule has 0 heterocycles. The Morgan fingerprint density at radius 3 is 2.17 bits per heavy atom. The number of hydrogen-bond acceptors (Lipinski definition) is 3. The predicted molar refractivity (Wildman–Crippen MR) is 101 cm³/mol. The SMILES string of the molecule is CCCBr.CCCOC(=O)c1cccc(C(C)C)c1OCCC. The molecule has 1 aromatic rings. The molecule has 1 aromatic carbocycles. The van der Waals surface area contributed by atoms with Crippen molar-refractivity contribution in [2.24, 2.45) is 0 Å². The largest absolute Gasteiger partial charge is 0.492 e. The van der Waals surface area contributed by atoms with E-state index in [1.807, 2.05) is 26.0 Å². The Bertz CT molecular complexity index is 442. The Morgan fingerprint density at radius 1 is 1.09 bits per heavy atom. The standard InChI is InChI=1S/C16H24O3.C3H7Br/c1-5-10-18-15-13(12(3)4)8-7-9-14(15)16(17)19-11-6-2;1-2-3-4/h7-9,12H,5-6,10-11H2,1-4H3;2-3H2,1H3.